The summed E-state index contributed by atoms with van der Waals surface area (Å²) in [5.41, 5.74) is 0. The Hall–Kier alpha value is 0.350. The molecule has 0 rings (SSSR count). The lowest BCUT2D eigenvalue weighted by Crippen LogP contribution is -2.28. The van der Waals surface area contributed by atoms with Gasteiger partial charge in [-0.3, -0.25) is 0 Å². The maximum Gasteiger partial charge on any atom is 0.221 e. The summed E-state index contributed by atoms with van der Waals surface area (Å²) in [5.74, 6) is 0.620. The minimum absolute atomic E-state index is 0.0635. The van der Waals surface area contributed by atoms with Crippen molar-refractivity contribution in [2.45, 2.75) is 20.3 Å². The average Bonchev–Trinajstić information content (AvgIpc) is 2.10. The van der Waals surface area contributed by atoms with E-state index in [-0.39, 0.29) is 4.66 Å². The van der Waals surface area contributed by atoms with E-state index in [0.29, 0.717) is 25.7 Å². The number of ether oxygens (including phenoxy) is 1. The molecular weight excluding hydrogens is 270 g/mol. The monoisotopic (exact) mass is 287 g/mol. The summed E-state index contributed by atoms with van der Waals surface area (Å²) in [4.78, 5) is 0. The summed E-state index contributed by atoms with van der Waals surface area (Å²) in [7, 11) is -3.14. The molecule has 86 valence electrons. The number of hydrogen-bond donors (Lipinski definition) is 1. The second-order valence-electron chi connectivity index (χ2n) is 3.41. The predicted molar refractivity (Wildman–Crippen MR) is 61.0 cm³/mol. The van der Waals surface area contributed by atoms with Crippen molar-refractivity contribution < 1.29 is 13.2 Å². The van der Waals surface area contributed by atoms with Crippen LogP contribution < -0.4 is 4.72 Å². The first-order valence-electron chi connectivity index (χ1n) is 4.59. The standard InChI is InChI=1S/C8H18BrNO3S/c1-8(2)3-5-13-6-4-10-14(11,12)7-9/h8,10H,3-7H2,1-2H3. The Labute approximate surface area is 94.6 Å². The van der Waals surface area contributed by atoms with Crippen LogP contribution in [-0.2, 0) is 14.8 Å². The number of rotatable bonds is 8. The number of alkyl halides is 1. The molecule has 4 nitrogen and oxygen atoms in total. The average molecular weight is 288 g/mol. The number of halogens is 1. The zero-order valence-corrected chi connectivity index (χ0v) is 11.0. The Kier molecular flexibility index (Phi) is 7.81. The van der Waals surface area contributed by atoms with Crippen molar-refractivity contribution in [3.63, 3.8) is 0 Å². The highest BCUT2D eigenvalue weighted by Gasteiger charge is 2.05. The van der Waals surface area contributed by atoms with Crippen LogP contribution in [0.1, 0.15) is 20.3 Å². The van der Waals surface area contributed by atoms with Gasteiger partial charge in [-0.15, -0.1) is 0 Å². The molecular formula is C8H18BrNO3S. The van der Waals surface area contributed by atoms with E-state index in [9.17, 15) is 8.42 Å². The molecule has 0 aliphatic rings. The van der Waals surface area contributed by atoms with Crippen LogP contribution in [0.25, 0.3) is 0 Å². The lowest BCUT2D eigenvalue weighted by molar-refractivity contribution is 0.128. The van der Waals surface area contributed by atoms with E-state index in [4.69, 9.17) is 4.74 Å². The maximum atomic E-state index is 10.9. The first-order valence-corrected chi connectivity index (χ1v) is 7.36. The van der Waals surface area contributed by atoms with Gasteiger partial charge < -0.3 is 4.74 Å². The second kappa shape index (κ2) is 7.62. The van der Waals surface area contributed by atoms with Crippen molar-refractivity contribution in [3.8, 4) is 0 Å². The van der Waals surface area contributed by atoms with Gasteiger partial charge >= 0.3 is 0 Å². The number of nitrogens with one attached hydrogen (secondary N) is 1. The molecule has 0 aromatic heterocycles. The van der Waals surface area contributed by atoms with Crippen molar-refractivity contribution in [3.05, 3.63) is 0 Å². The van der Waals surface area contributed by atoms with Crippen molar-refractivity contribution >= 4 is 26.0 Å². The summed E-state index contributed by atoms with van der Waals surface area (Å²) in [5, 5.41) is 0. The van der Waals surface area contributed by atoms with Gasteiger partial charge in [0.15, 0.2) is 0 Å². The van der Waals surface area contributed by atoms with Gasteiger partial charge in [-0.25, -0.2) is 13.1 Å². The Balaban J connectivity index is 3.31. The first kappa shape index (κ1) is 14.3. The van der Waals surface area contributed by atoms with Gasteiger partial charge in [0.25, 0.3) is 0 Å². The molecule has 0 aromatic carbocycles. The van der Waals surface area contributed by atoms with E-state index in [1.807, 2.05) is 0 Å². The van der Waals surface area contributed by atoms with Crippen LogP contribution in [0.4, 0.5) is 0 Å². The first-order chi connectivity index (χ1) is 6.48. The van der Waals surface area contributed by atoms with E-state index in [0.717, 1.165) is 6.42 Å². The lowest BCUT2D eigenvalue weighted by Gasteiger charge is -2.06. The van der Waals surface area contributed by atoms with Gasteiger partial charge in [0.1, 0.15) is 4.66 Å². The van der Waals surface area contributed by atoms with Gasteiger partial charge in [0, 0.05) is 13.2 Å². The highest BCUT2D eigenvalue weighted by Crippen LogP contribution is 1.98. The molecule has 0 atom stereocenters. The fourth-order valence-electron chi connectivity index (χ4n) is 0.729. The van der Waals surface area contributed by atoms with Gasteiger partial charge in [-0.05, 0) is 12.3 Å². The SMILES string of the molecule is CC(C)CCOCCNS(=O)(=O)CBr. The summed E-state index contributed by atoms with van der Waals surface area (Å²) < 4.78 is 29.4. The molecule has 0 saturated carbocycles. The van der Waals surface area contributed by atoms with Crippen LogP contribution in [0, 0.1) is 5.92 Å². The summed E-state index contributed by atoms with van der Waals surface area (Å²) in [6, 6.07) is 0. The molecule has 0 saturated heterocycles. The van der Waals surface area contributed by atoms with E-state index in [2.05, 4.69) is 34.5 Å². The van der Waals surface area contributed by atoms with E-state index in [1.165, 1.54) is 0 Å². The minimum atomic E-state index is -3.14. The van der Waals surface area contributed by atoms with E-state index in [1.54, 1.807) is 0 Å². The van der Waals surface area contributed by atoms with E-state index >= 15 is 0 Å². The molecule has 0 aliphatic heterocycles. The van der Waals surface area contributed by atoms with Crippen molar-refractivity contribution in [2.75, 3.05) is 24.4 Å². The van der Waals surface area contributed by atoms with Gasteiger partial charge in [0.2, 0.25) is 10.0 Å². The van der Waals surface area contributed by atoms with Crippen LogP contribution in [0.15, 0.2) is 0 Å². The van der Waals surface area contributed by atoms with Crippen LogP contribution in [0.3, 0.4) is 0 Å². The topological polar surface area (TPSA) is 55.4 Å². The Morgan fingerprint density at radius 3 is 2.50 bits per heavy atom. The zero-order valence-electron chi connectivity index (χ0n) is 8.62. The normalized spacial score (nSPS) is 12.3. The summed E-state index contributed by atoms with van der Waals surface area (Å²) in [6.45, 7) is 5.70. The van der Waals surface area contributed by atoms with Gasteiger partial charge in [0.05, 0.1) is 6.61 Å². The van der Waals surface area contributed by atoms with Crippen LogP contribution >= 0.6 is 15.9 Å². The Bertz CT molecular complexity index is 229. The fourth-order valence-corrected chi connectivity index (χ4v) is 1.69. The molecule has 0 amide bonds. The minimum Gasteiger partial charge on any atom is -0.380 e. The summed E-state index contributed by atoms with van der Waals surface area (Å²) in [6.07, 6.45) is 1.01. The molecule has 0 radical (unpaired) electrons. The quantitative estimate of drug-likeness (QED) is 0.541. The largest absolute Gasteiger partial charge is 0.380 e. The molecule has 0 fully saturated rings. The molecule has 0 spiro atoms. The zero-order chi connectivity index (χ0) is 11.0. The van der Waals surface area contributed by atoms with Crippen molar-refractivity contribution in [2.24, 2.45) is 5.92 Å². The van der Waals surface area contributed by atoms with E-state index < -0.39 is 10.0 Å². The van der Waals surface area contributed by atoms with Crippen LogP contribution in [0.2, 0.25) is 0 Å². The second-order valence-corrected chi connectivity index (χ2v) is 6.52. The predicted octanol–water partition coefficient (Wildman–Crippen LogP) is 1.32. The van der Waals surface area contributed by atoms with Gasteiger partial charge in [-0.2, -0.15) is 0 Å². The molecule has 0 aliphatic carbocycles. The van der Waals surface area contributed by atoms with Gasteiger partial charge in [-0.1, -0.05) is 29.8 Å². The van der Waals surface area contributed by atoms with Crippen LogP contribution in [-0.4, -0.2) is 32.8 Å². The highest BCUT2D eigenvalue weighted by atomic mass is 79.9. The number of sulfonamides is 1. The van der Waals surface area contributed by atoms with Crippen LogP contribution in [0.5, 0.6) is 0 Å². The Morgan fingerprint density at radius 2 is 2.00 bits per heavy atom. The Morgan fingerprint density at radius 1 is 1.36 bits per heavy atom. The molecule has 0 bridgehead atoms. The van der Waals surface area contributed by atoms with Crippen molar-refractivity contribution in [1.82, 2.24) is 4.72 Å². The van der Waals surface area contributed by atoms with Crippen molar-refractivity contribution in [1.29, 1.82) is 0 Å². The highest BCUT2D eigenvalue weighted by molar-refractivity contribution is 9.10. The molecule has 14 heavy (non-hydrogen) atoms. The molecule has 6 heteroatoms. The molecule has 1 N–H and O–H groups in total. The molecule has 0 heterocycles. The number of hydrogen-bond acceptors (Lipinski definition) is 3. The molecule has 0 unspecified atom stereocenters. The third kappa shape index (κ3) is 8.93. The lowest BCUT2D eigenvalue weighted by atomic mass is 10.1. The smallest absolute Gasteiger partial charge is 0.221 e. The fraction of sp³-hybridized carbons (Fsp3) is 1.00. The maximum absolute atomic E-state index is 10.9. The summed E-state index contributed by atoms with van der Waals surface area (Å²) >= 11 is 2.88. The molecule has 0 aromatic rings. The third-order valence-corrected chi connectivity index (χ3v) is 4.29. The third-order valence-electron chi connectivity index (χ3n) is 1.55.